The van der Waals surface area contributed by atoms with Gasteiger partial charge in [-0.15, -0.1) is 0 Å². The highest BCUT2D eigenvalue weighted by Gasteiger charge is 2.30. The molecule has 0 spiro atoms. The van der Waals surface area contributed by atoms with Gasteiger partial charge in [-0.2, -0.15) is 0 Å². The van der Waals surface area contributed by atoms with E-state index in [0.29, 0.717) is 17.8 Å². The minimum absolute atomic E-state index is 0.161. The van der Waals surface area contributed by atoms with Crippen molar-refractivity contribution in [3.05, 3.63) is 17.0 Å². The summed E-state index contributed by atoms with van der Waals surface area (Å²) in [5.74, 6) is -0.320. The number of hydrogen-bond acceptors (Lipinski definition) is 4. The second-order valence-electron chi connectivity index (χ2n) is 5.48. The van der Waals surface area contributed by atoms with Crippen LogP contribution in [0, 0.1) is 19.8 Å². The first kappa shape index (κ1) is 17.7. The summed E-state index contributed by atoms with van der Waals surface area (Å²) >= 11 is 0. The molecule has 0 aliphatic carbocycles. The van der Waals surface area contributed by atoms with Crippen molar-refractivity contribution in [1.82, 2.24) is 9.29 Å². The van der Waals surface area contributed by atoms with Crippen LogP contribution in [-0.4, -0.2) is 43.9 Å². The van der Waals surface area contributed by atoms with E-state index in [0.717, 1.165) is 0 Å². The van der Waals surface area contributed by atoms with Gasteiger partial charge >= 0.3 is 5.97 Å². The SMILES string of the molecule is CCOC(=O)c1[nH]c(C)c(S(=O)(=O)N(C)CC(C)C)c1C. The molecule has 0 aliphatic rings. The van der Waals surface area contributed by atoms with E-state index in [9.17, 15) is 13.2 Å². The third kappa shape index (κ3) is 3.65. The number of ether oxygens (including phenoxy) is 1. The molecule has 0 amide bonds. The summed E-state index contributed by atoms with van der Waals surface area (Å²) < 4.78 is 31.6. The topological polar surface area (TPSA) is 79.5 Å². The van der Waals surface area contributed by atoms with Gasteiger partial charge in [0.2, 0.25) is 10.0 Å². The van der Waals surface area contributed by atoms with Gasteiger partial charge in [0.05, 0.1) is 6.61 Å². The predicted molar refractivity (Wildman–Crippen MR) is 80.9 cm³/mol. The first-order chi connectivity index (χ1) is 9.62. The van der Waals surface area contributed by atoms with E-state index in [4.69, 9.17) is 4.74 Å². The highest BCUT2D eigenvalue weighted by Crippen LogP contribution is 2.26. The monoisotopic (exact) mass is 316 g/mol. The average Bonchev–Trinajstić information content (AvgIpc) is 2.64. The zero-order chi connectivity index (χ0) is 16.4. The molecule has 1 aromatic rings. The van der Waals surface area contributed by atoms with Crippen LogP contribution in [0.5, 0.6) is 0 Å². The number of aromatic amines is 1. The summed E-state index contributed by atoms with van der Waals surface area (Å²) in [5.41, 5.74) is 1.05. The molecule has 0 unspecified atom stereocenters. The molecule has 1 aromatic heterocycles. The van der Waals surface area contributed by atoms with Crippen LogP contribution in [0.4, 0.5) is 0 Å². The number of carbonyl (C=O) groups excluding carboxylic acids is 1. The average molecular weight is 316 g/mol. The normalized spacial score (nSPS) is 12.2. The minimum atomic E-state index is -3.63. The van der Waals surface area contributed by atoms with E-state index in [1.165, 1.54) is 4.31 Å². The van der Waals surface area contributed by atoms with Crippen molar-refractivity contribution in [2.24, 2.45) is 5.92 Å². The Kier molecular flexibility index (Phi) is 5.58. The molecule has 0 radical (unpaired) electrons. The molecule has 1 N–H and O–H groups in total. The molecular weight excluding hydrogens is 292 g/mol. The predicted octanol–water partition coefficient (Wildman–Crippen LogP) is 2.08. The fraction of sp³-hybridized carbons (Fsp3) is 0.643. The van der Waals surface area contributed by atoms with Crippen LogP contribution in [0.2, 0.25) is 0 Å². The molecule has 0 bridgehead atoms. The van der Waals surface area contributed by atoms with E-state index in [2.05, 4.69) is 4.98 Å². The van der Waals surface area contributed by atoms with Crippen molar-refractivity contribution in [1.29, 1.82) is 0 Å². The van der Waals surface area contributed by atoms with Crippen molar-refractivity contribution < 1.29 is 17.9 Å². The maximum atomic E-state index is 12.7. The molecule has 21 heavy (non-hydrogen) atoms. The van der Waals surface area contributed by atoms with Crippen LogP contribution in [0.25, 0.3) is 0 Å². The van der Waals surface area contributed by atoms with Gasteiger partial charge in [-0.1, -0.05) is 13.8 Å². The van der Waals surface area contributed by atoms with E-state index in [1.807, 2.05) is 13.8 Å². The van der Waals surface area contributed by atoms with E-state index in [1.54, 1.807) is 27.8 Å². The summed E-state index contributed by atoms with van der Waals surface area (Å²) in [5, 5.41) is 0. The fourth-order valence-corrected chi connectivity index (χ4v) is 4.03. The van der Waals surface area contributed by atoms with Gasteiger partial charge in [0, 0.05) is 24.8 Å². The molecular formula is C14H24N2O4S. The lowest BCUT2D eigenvalue weighted by Gasteiger charge is -2.19. The Balaban J connectivity index is 3.28. The second kappa shape index (κ2) is 6.62. The van der Waals surface area contributed by atoms with Gasteiger partial charge in [-0.25, -0.2) is 17.5 Å². The second-order valence-corrected chi connectivity index (χ2v) is 7.46. The van der Waals surface area contributed by atoms with Crippen molar-refractivity contribution in [2.45, 2.75) is 39.5 Å². The largest absolute Gasteiger partial charge is 0.461 e. The Bertz CT molecular complexity index is 617. The third-order valence-corrected chi connectivity index (χ3v) is 5.24. The quantitative estimate of drug-likeness (QED) is 0.815. The van der Waals surface area contributed by atoms with Gasteiger partial charge in [-0.05, 0) is 26.7 Å². The van der Waals surface area contributed by atoms with E-state index in [-0.39, 0.29) is 23.1 Å². The number of esters is 1. The number of aryl methyl sites for hydroxylation is 1. The Morgan fingerprint density at radius 3 is 2.38 bits per heavy atom. The first-order valence-corrected chi connectivity index (χ1v) is 8.39. The van der Waals surface area contributed by atoms with E-state index >= 15 is 0 Å². The number of nitrogens with zero attached hydrogens (tertiary/aromatic N) is 1. The van der Waals surface area contributed by atoms with Gasteiger partial charge < -0.3 is 9.72 Å². The Morgan fingerprint density at radius 2 is 1.90 bits per heavy atom. The van der Waals surface area contributed by atoms with Gasteiger partial charge in [-0.3, -0.25) is 0 Å². The van der Waals surface area contributed by atoms with Crippen molar-refractivity contribution in [2.75, 3.05) is 20.2 Å². The van der Waals surface area contributed by atoms with Gasteiger partial charge in [0.15, 0.2) is 0 Å². The van der Waals surface area contributed by atoms with Gasteiger partial charge in [0.25, 0.3) is 0 Å². The molecule has 0 aromatic carbocycles. The maximum absolute atomic E-state index is 12.7. The van der Waals surface area contributed by atoms with Gasteiger partial charge in [0.1, 0.15) is 10.6 Å². The molecule has 0 aliphatic heterocycles. The van der Waals surface area contributed by atoms with Crippen molar-refractivity contribution in [3.8, 4) is 0 Å². The van der Waals surface area contributed by atoms with Crippen LogP contribution in [0.3, 0.4) is 0 Å². The lowest BCUT2D eigenvalue weighted by molar-refractivity contribution is 0.0519. The summed E-state index contributed by atoms with van der Waals surface area (Å²) in [6.45, 7) is 9.53. The summed E-state index contributed by atoms with van der Waals surface area (Å²) in [6, 6.07) is 0. The molecule has 1 rings (SSSR count). The smallest absolute Gasteiger partial charge is 0.355 e. The molecule has 0 atom stereocenters. The van der Waals surface area contributed by atoms with Crippen LogP contribution in [0.1, 0.15) is 42.5 Å². The number of hydrogen-bond donors (Lipinski definition) is 1. The van der Waals surface area contributed by atoms with Crippen molar-refractivity contribution >= 4 is 16.0 Å². The van der Waals surface area contributed by atoms with Crippen LogP contribution >= 0.6 is 0 Å². The molecule has 0 fully saturated rings. The molecule has 1 heterocycles. The van der Waals surface area contributed by atoms with E-state index < -0.39 is 16.0 Å². The summed E-state index contributed by atoms with van der Waals surface area (Å²) in [6.07, 6.45) is 0. The van der Waals surface area contributed by atoms with Crippen LogP contribution in [-0.2, 0) is 14.8 Å². The zero-order valence-electron chi connectivity index (χ0n) is 13.5. The summed E-state index contributed by atoms with van der Waals surface area (Å²) in [7, 11) is -2.08. The number of aromatic nitrogens is 1. The van der Waals surface area contributed by atoms with Crippen molar-refractivity contribution in [3.63, 3.8) is 0 Å². The minimum Gasteiger partial charge on any atom is -0.461 e. The number of sulfonamides is 1. The highest BCUT2D eigenvalue weighted by atomic mass is 32.2. The molecule has 0 saturated heterocycles. The first-order valence-electron chi connectivity index (χ1n) is 6.95. The number of nitrogens with one attached hydrogen (secondary N) is 1. The Hall–Kier alpha value is -1.34. The number of carbonyl (C=O) groups is 1. The third-order valence-electron chi connectivity index (χ3n) is 3.14. The molecule has 120 valence electrons. The molecule has 0 saturated carbocycles. The fourth-order valence-electron chi connectivity index (χ4n) is 2.30. The molecule has 7 heteroatoms. The lowest BCUT2D eigenvalue weighted by atomic mass is 10.2. The number of rotatable bonds is 6. The molecule has 6 nitrogen and oxygen atoms in total. The number of H-pyrrole nitrogens is 1. The Labute approximate surface area is 126 Å². The summed E-state index contributed by atoms with van der Waals surface area (Å²) in [4.78, 5) is 14.8. The highest BCUT2D eigenvalue weighted by molar-refractivity contribution is 7.89. The zero-order valence-corrected chi connectivity index (χ0v) is 14.3. The Morgan fingerprint density at radius 1 is 1.33 bits per heavy atom. The lowest BCUT2D eigenvalue weighted by Crippen LogP contribution is -2.31. The van der Waals surface area contributed by atoms with Crippen LogP contribution in [0.15, 0.2) is 4.90 Å². The van der Waals surface area contributed by atoms with Crippen LogP contribution < -0.4 is 0 Å². The standard InChI is InChI=1S/C14H24N2O4S/c1-7-20-14(17)12-10(4)13(11(5)15-12)21(18,19)16(6)8-9(2)3/h9,15H,7-8H2,1-6H3. The maximum Gasteiger partial charge on any atom is 0.355 e.